The van der Waals surface area contributed by atoms with Crippen LogP contribution in [0.2, 0.25) is 0 Å². The Morgan fingerprint density at radius 2 is 1.96 bits per heavy atom. The van der Waals surface area contributed by atoms with Gasteiger partial charge < -0.3 is 10.2 Å². The van der Waals surface area contributed by atoms with Crippen LogP contribution >= 0.6 is 0 Å². The molecule has 4 aliphatic rings. The number of rotatable bonds is 2. The van der Waals surface area contributed by atoms with Crippen LogP contribution in [0, 0.1) is 29.1 Å². The molecular weight excluding hydrogens is 352 g/mol. The molecule has 6 atom stereocenters. The lowest BCUT2D eigenvalue weighted by molar-refractivity contribution is -0.141. The Labute approximate surface area is 169 Å². The minimum absolute atomic E-state index is 0.0512. The van der Waals surface area contributed by atoms with Crippen LogP contribution < -0.4 is 5.32 Å². The zero-order valence-corrected chi connectivity index (χ0v) is 17.5. The van der Waals surface area contributed by atoms with Crippen LogP contribution in [0.3, 0.4) is 0 Å². The van der Waals surface area contributed by atoms with Gasteiger partial charge in [-0.3, -0.25) is 9.59 Å². The van der Waals surface area contributed by atoms with E-state index in [1.54, 1.807) is 0 Å². The SMILES string of the molecule is CC1CCC(=O)CCCC2C1CC(=O)C1CC(=NOC3CCNC3)CCC12C. The van der Waals surface area contributed by atoms with E-state index >= 15 is 0 Å². The van der Waals surface area contributed by atoms with Gasteiger partial charge in [-0.1, -0.05) is 19.0 Å². The first-order valence-corrected chi connectivity index (χ1v) is 11.4. The van der Waals surface area contributed by atoms with Crippen molar-refractivity contribution >= 4 is 17.3 Å². The summed E-state index contributed by atoms with van der Waals surface area (Å²) in [4.78, 5) is 31.1. The maximum absolute atomic E-state index is 13.2. The maximum Gasteiger partial charge on any atom is 0.141 e. The standard InChI is InChI=1S/C23H36N2O3/c1-15-6-7-17(26)4-3-5-20-19(15)13-22(27)21-12-16(8-10-23(20,21)2)25-28-18-9-11-24-14-18/h15,18-21,24H,3-14H2,1-2H3. The fraction of sp³-hybridized carbons (Fsp3) is 0.870. The Kier molecular flexibility index (Phi) is 5.91. The summed E-state index contributed by atoms with van der Waals surface area (Å²) in [5.74, 6) is 2.38. The van der Waals surface area contributed by atoms with Crippen molar-refractivity contribution in [2.75, 3.05) is 13.1 Å². The lowest BCUT2D eigenvalue weighted by Crippen LogP contribution is -2.52. The van der Waals surface area contributed by atoms with E-state index in [-0.39, 0.29) is 17.4 Å². The van der Waals surface area contributed by atoms with Crippen LogP contribution in [-0.2, 0) is 14.4 Å². The predicted molar refractivity (Wildman–Crippen MR) is 109 cm³/mol. The second kappa shape index (κ2) is 8.25. The Hall–Kier alpha value is -1.23. The lowest BCUT2D eigenvalue weighted by atomic mass is 9.49. The second-order valence-corrected chi connectivity index (χ2v) is 10.0. The minimum atomic E-state index is 0.0512. The first kappa shape index (κ1) is 20.1. The number of oxime groups is 1. The summed E-state index contributed by atoms with van der Waals surface area (Å²) < 4.78 is 0. The number of carbonyl (C=O) groups excluding carboxylic acids is 2. The number of Topliss-reactive ketones (excluding diaryl/α,β-unsaturated/α-hetero) is 2. The van der Waals surface area contributed by atoms with Crippen molar-refractivity contribution in [2.45, 2.75) is 84.2 Å². The third-order valence-corrected chi connectivity index (χ3v) is 8.30. The lowest BCUT2D eigenvalue weighted by Gasteiger charge is -2.54. The molecule has 1 N–H and O–H groups in total. The van der Waals surface area contributed by atoms with E-state index in [0.29, 0.717) is 42.2 Å². The number of nitrogens with zero attached hydrogens (tertiary/aromatic N) is 1. The molecule has 0 aromatic carbocycles. The molecule has 4 rings (SSSR count). The summed E-state index contributed by atoms with van der Waals surface area (Å²) >= 11 is 0. The van der Waals surface area contributed by atoms with E-state index in [4.69, 9.17) is 4.84 Å². The molecule has 5 nitrogen and oxygen atoms in total. The highest BCUT2D eigenvalue weighted by molar-refractivity contribution is 5.93. The third-order valence-electron chi connectivity index (χ3n) is 8.30. The summed E-state index contributed by atoms with van der Waals surface area (Å²) in [7, 11) is 0. The highest BCUT2D eigenvalue weighted by atomic mass is 16.6. The largest absolute Gasteiger partial charge is 0.391 e. The Bertz CT molecular complexity index is 640. The molecular formula is C23H36N2O3. The first-order chi connectivity index (χ1) is 13.5. The third kappa shape index (κ3) is 3.92. The van der Waals surface area contributed by atoms with Crippen LogP contribution in [0.5, 0.6) is 0 Å². The van der Waals surface area contributed by atoms with E-state index < -0.39 is 0 Å². The zero-order chi connectivity index (χ0) is 19.7. The molecule has 28 heavy (non-hydrogen) atoms. The molecule has 1 saturated heterocycles. The maximum atomic E-state index is 13.2. The molecule has 1 aliphatic heterocycles. The van der Waals surface area contributed by atoms with E-state index in [1.807, 2.05) is 0 Å². The fourth-order valence-corrected chi connectivity index (χ4v) is 6.43. The van der Waals surface area contributed by atoms with Crippen molar-refractivity contribution < 1.29 is 14.4 Å². The van der Waals surface area contributed by atoms with Crippen LogP contribution in [0.1, 0.15) is 78.1 Å². The molecule has 1 heterocycles. The molecule has 0 spiro atoms. The van der Waals surface area contributed by atoms with Crippen molar-refractivity contribution in [2.24, 2.45) is 34.2 Å². The normalized spacial score (nSPS) is 43.6. The molecule has 0 radical (unpaired) electrons. The van der Waals surface area contributed by atoms with Crippen molar-refractivity contribution in [3.8, 4) is 0 Å². The smallest absolute Gasteiger partial charge is 0.141 e. The number of ketones is 2. The van der Waals surface area contributed by atoms with Gasteiger partial charge in [0.15, 0.2) is 0 Å². The molecule has 0 amide bonds. The Morgan fingerprint density at radius 1 is 1.11 bits per heavy atom. The van der Waals surface area contributed by atoms with Gasteiger partial charge in [0.2, 0.25) is 0 Å². The van der Waals surface area contributed by atoms with E-state index in [0.717, 1.165) is 70.2 Å². The highest BCUT2D eigenvalue weighted by Crippen LogP contribution is 2.57. The fourth-order valence-electron chi connectivity index (χ4n) is 6.43. The average Bonchev–Trinajstić information content (AvgIpc) is 3.21. The molecule has 5 heteroatoms. The molecule has 0 aromatic rings. The first-order valence-electron chi connectivity index (χ1n) is 11.4. The van der Waals surface area contributed by atoms with Gasteiger partial charge in [-0.15, -0.1) is 0 Å². The highest BCUT2D eigenvalue weighted by Gasteiger charge is 2.54. The second-order valence-electron chi connectivity index (χ2n) is 10.0. The van der Waals surface area contributed by atoms with Crippen molar-refractivity contribution in [3.63, 3.8) is 0 Å². The summed E-state index contributed by atoms with van der Waals surface area (Å²) in [5.41, 5.74) is 1.13. The Morgan fingerprint density at radius 3 is 2.75 bits per heavy atom. The van der Waals surface area contributed by atoms with Gasteiger partial charge in [0.1, 0.15) is 17.7 Å². The monoisotopic (exact) mass is 388 g/mol. The van der Waals surface area contributed by atoms with E-state index in [9.17, 15) is 9.59 Å². The van der Waals surface area contributed by atoms with Gasteiger partial charge in [-0.2, -0.15) is 0 Å². The van der Waals surface area contributed by atoms with E-state index in [2.05, 4.69) is 24.3 Å². The summed E-state index contributed by atoms with van der Waals surface area (Å²) in [6.45, 7) is 6.50. The van der Waals surface area contributed by atoms with E-state index in [1.165, 1.54) is 0 Å². The van der Waals surface area contributed by atoms with Gasteiger partial charge >= 0.3 is 0 Å². The van der Waals surface area contributed by atoms with Crippen LogP contribution in [0.25, 0.3) is 0 Å². The molecule has 6 unspecified atom stereocenters. The molecule has 3 saturated carbocycles. The van der Waals surface area contributed by atoms with Gasteiger partial charge in [-0.05, 0) is 68.2 Å². The molecule has 156 valence electrons. The number of hydrogen-bond acceptors (Lipinski definition) is 5. The van der Waals surface area contributed by atoms with Crippen molar-refractivity contribution in [1.29, 1.82) is 0 Å². The summed E-state index contributed by atoms with van der Waals surface area (Å²) in [6.07, 6.45) is 9.07. The van der Waals surface area contributed by atoms with Gasteiger partial charge in [0.25, 0.3) is 0 Å². The van der Waals surface area contributed by atoms with Gasteiger partial charge in [-0.25, -0.2) is 0 Å². The van der Waals surface area contributed by atoms with Crippen LogP contribution in [-0.4, -0.2) is 36.5 Å². The van der Waals surface area contributed by atoms with Gasteiger partial charge in [0.05, 0.1) is 5.71 Å². The minimum Gasteiger partial charge on any atom is -0.391 e. The zero-order valence-electron chi connectivity index (χ0n) is 17.5. The number of hydrogen-bond donors (Lipinski definition) is 1. The van der Waals surface area contributed by atoms with Crippen molar-refractivity contribution in [1.82, 2.24) is 5.32 Å². The number of carbonyl (C=O) groups is 2. The molecule has 0 bridgehead atoms. The molecule has 3 aliphatic carbocycles. The average molecular weight is 389 g/mol. The molecule has 0 aromatic heterocycles. The van der Waals surface area contributed by atoms with Crippen LogP contribution in [0.15, 0.2) is 5.16 Å². The Balaban J connectivity index is 1.51. The van der Waals surface area contributed by atoms with Crippen LogP contribution in [0.4, 0.5) is 0 Å². The summed E-state index contributed by atoms with van der Waals surface area (Å²) in [5, 5.41) is 7.78. The number of nitrogens with one attached hydrogen (secondary N) is 1. The van der Waals surface area contributed by atoms with Gasteiger partial charge in [0, 0.05) is 38.1 Å². The molecule has 4 fully saturated rings. The predicted octanol–water partition coefficient (Wildman–Crippen LogP) is 3.90. The number of fused-ring (bicyclic) bond motifs is 3. The topological polar surface area (TPSA) is 67.8 Å². The quantitative estimate of drug-likeness (QED) is 0.729. The van der Waals surface area contributed by atoms with Crippen molar-refractivity contribution in [3.05, 3.63) is 0 Å². The summed E-state index contributed by atoms with van der Waals surface area (Å²) in [6, 6.07) is 0.